The van der Waals surface area contributed by atoms with Gasteiger partial charge in [-0.2, -0.15) is 0 Å². The van der Waals surface area contributed by atoms with E-state index in [-0.39, 0.29) is 23.7 Å². The average molecular weight is 470 g/mol. The van der Waals surface area contributed by atoms with Crippen LogP contribution in [0.1, 0.15) is 68.7 Å². The Morgan fingerprint density at radius 1 is 0.677 bits per heavy atom. The minimum Gasteiger partial charge on any atom is -0.277 e. The molecule has 3 nitrogen and oxygen atoms in total. The number of rotatable bonds is 0. The molecule has 0 fully saturated rings. The van der Waals surface area contributed by atoms with E-state index in [0.29, 0.717) is 11.1 Å². The molecule has 0 spiro atoms. The second-order valence-corrected chi connectivity index (χ2v) is 9.53. The van der Waals surface area contributed by atoms with E-state index in [1.54, 1.807) is 7.05 Å². The summed E-state index contributed by atoms with van der Waals surface area (Å²) in [5, 5.41) is 4.39. The Labute approximate surface area is 188 Å². The van der Waals surface area contributed by atoms with Crippen molar-refractivity contribution in [2.24, 2.45) is 0 Å². The SMILES string of the molecule is CC1c2cccc3c(Br)ccc(c23)C(C)c2ccc3c4c(ccc1c24)C(=O)N(C)C3=O. The van der Waals surface area contributed by atoms with Crippen molar-refractivity contribution in [3.8, 4) is 0 Å². The van der Waals surface area contributed by atoms with Crippen molar-refractivity contribution >= 4 is 49.3 Å². The first-order valence-electron chi connectivity index (χ1n) is 10.5. The highest BCUT2D eigenvalue weighted by atomic mass is 79.9. The molecule has 0 saturated heterocycles. The number of hydrogen-bond acceptors (Lipinski definition) is 2. The largest absolute Gasteiger partial charge is 0.277 e. The van der Waals surface area contributed by atoms with Crippen LogP contribution in [0.2, 0.25) is 0 Å². The topological polar surface area (TPSA) is 37.4 Å². The Morgan fingerprint density at radius 2 is 1.19 bits per heavy atom. The number of hydrogen-bond donors (Lipinski definition) is 0. The molecule has 4 aromatic carbocycles. The van der Waals surface area contributed by atoms with E-state index in [1.165, 1.54) is 37.9 Å². The van der Waals surface area contributed by atoms with Crippen LogP contribution in [0.4, 0.5) is 0 Å². The second-order valence-electron chi connectivity index (χ2n) is 8.67. The molecule has 2 unspecified atom stereocenters. The van der Waals surface area contributed by atoms with Crippen LogP contribution in [0.15, 0.2) is 59.1 Å². The van der Waals surface area contributed by atoms with Crippen LogP contribution in [0.5, 0.6) is 0 Å². The fourth-order valence-corrected chi connectivity index (χ4v) is 6.03. The lowest BCUT2D eigenvalue weighted by Gasteiger charge is -2.31. The summed E-state index contributed by atoms with van der Waals surface area (Å²) in [5.41, 5.74) is 6.13. The Hall–Kier alpha value is -2.98. The normalized spacial score (nSPS) is 19.7. The third-order valence-corrected chi connectivity index (χ3v) is 7.90. The van der Waals surface area contributed by atoms with Crippen molar-refractivity contribution in [2.45, 2.75) is 25.7 Å². The fraction of sp³-hybridized carbons (Fsp3) is 0.185. The van der Waals surface area contributed by atoms with Crippen LogP contribution in [0, 0.1) is 0 Å². The van der Waals surface area contributed by atoms with E-state index in [1.807, 2.05) is 12.1 Å². The van der Waals surface area contributed by atoms with Crippen LogP contribution >= 0.6 is 15.9 Å². The van der Waals surface area contributed by atoms with Gasteiger partial charge in [0.1, 0.15) is 0 Å². The summed E-state index contributed by atoms with van der Waals surface area (Å²) in [5.74, 6) is -0.209. The number of halogens is 1. The van der Waals surface area contributed by atoms with Crippen molar-refractivity contribution < 1.29 is 9.59 Å². The van der Waals surface area contributed by atoms with Crippen LogP contribution in [-0.2, 0) is 0 Å². The van der Waals surface area contributed by atoms with Gasteiger partial charge in [-0.05, 0) is 56.6 Å². The smallest absolute Gasteiger partial charge is 0.261 e. The van der Waals surface area contributed by atoms with Gasteiger partial charge in [0.15, 0.2) is 0 Å². The van der Waals surface area contributed by atoms with E-state index < -0.39 is 0 Å². The van der Waals surface area contributed by atoms with Gasteiger partial charge in [0.2, 0.25) is 0 Å². The predicted molar refractivity (Wildman–Crippen MR) is 127 cm³/mol. The summed E-state index contributed by atoms with van der Waals surface area (Å²) in [6.45, 7) is 4.45. The summed E-state index contributed by atoms with van der Waals surface area (Å²) in [4.78, 5) is 27.1. The van der Waals surface area contributed by atoms with Gasteiger partial charge >= 0.3 is 0 Å². The maximum absolute atomic E-state index is 12.9. The quantitative estimate of drug-likeness (QED) is 0.272. The molecule has 31 heavy (non-hydrogen) atoms. The highest BCUT2D eigenvalue weighted by Gasteiger charge is 2.34. The minimum atomic E-state index is -0.227. The molecule has 152 valence electrons. The second kappa shape index (κ2) is 6.27. The van der Waals surface area contributed by atoms with Crippen LogP contribution in [0.25, 0.3) is 21.5 Å². The van der Waals surface area contributed by atoms with E-state index in [2.05, 4.69) is 72.2 Å². The van der Waals surface area contributed by atoms with Crippen molar-refractivity contribution in [3.05, 3.63) is 92.5 Å². The molecule has 1 aliphatic carbocycles. The van der Waals surface area contributed by atoms with E-state index in [9.17, 15) is 9.59 Å². The van der Waals surface area contributed by atoms with Crippen LogP contribution in [-0.4, -0.2) is 23.8 Å². The molecule has 0 radical (unpaired) electrons. The van der Waals surface area contributed by atoms with E-state index >= 15 is 0 Å². The number of carbonyl (C=O) groups excluding carboxylic acids is 2. The molecule has 0 bridgehead atoms. The molecule has 1 aliphatic heterocycles. The molecule has 2 amide bonds. The molecular formula is C27H20BrNO2. The zero-order valence-corrected chi connectivity index (χ0v) is 19.1. The molecule has 2 aliphatic rings. The molecule has 0 N–H and O–H groups in total. The van der Waals surface area contributed by atoms with Crippen molar-refractivity contribution in [1.82, 2.24) is 4.90 Å². The summed E-state index contributed by atoms with van der Waals surface area (Å²) >= 11 is 3.74. The van der Waals surface area contributed by atoms with Gasteiger partial charge in [0.25, 0.3) is 11.8 Å². The number of nitrogens with zero attached hydrogens (tertiary/aromatic N) is 1. The highest BCUT2D eigenvalue weighted by Crippen LogP contribution is 2.47. The molecule has 2 atom stereocenters. The molecule has 0 aromatic heterocycles. The summed E-state index contributed by atoms with van der Waals surface area (Å²) in [7, 11) is 1.56. The first-order chi connectivity index (χ1) is 14.9. The van der Waals surface area contributed by atoms with Crippen LogP contribution in [0.3, 0.4) is 0 Å². The Balaban J connectivity index is 1.80. The van der Waals surface area contributed by atoms with Gasteiger partial charge in [0, 0.05) is 39.9 Å². The van der Waals surface area contributed by atoms with Gasteiger partial charge in [-0.15, -0.1) is 0 Å². The third kappa shape index (κ3) is 2.29. The molecule has 6 rings (SSSR count). The van der Waals surface area contributed by atoms with Gasteiger partial charge in [0.05, 0.1) is 0 Å². The van der Waals surface area contributed by atoms with Crippen molar-refractivity contribution in [2.75, 3.05) is 7.05 Å². The van der Waals surface area contributed by atoms with Gasteiger partial charge in [-0.25, -0.2) is 0 Å². The monoisotopic (exact) mass is 469 g/mol. The lowest BCUT2D eigenvalue weighted by molar-refractivity contribution is 0.0650. The van der Waals surface area contributed by atoms with Crippen LogP contribution < -0.4 is 0 Å². The number of benzene rings is 4. The maximum Gasteiger partial charge on any atom is 0.261 e. The Bertz CT molecular complexity index is 1420. The molecular weight excluding hydrogens is 450 g/mol. The zero-order chi connectivity index (χ0) is 21.6. The average Bonchev–Trinajstić information content (AvgIpc) is 2.79. The van der Waals surface area contributed by atoms with E-state index in [0.717, 1.165) is 15.2 Å². The third-order valence-electron chi connectivity index (χ3n) is 7.21. The standard InChI is InChI=1S/C27H20BrNO2/c1-13-15-5-4-6-19-22(28)12-11-16(23(15)19)14(2)18-8-10-21-25-20(9-7-17(13)24(18)25)26(30)29(3)27(21)31/h4-14H,1-3H3. The Kier molecular flexibility index (Phi) is 3.79. The highest BCUT2D eigenvalue weighted by molar-refractivity contribution is 9.10. The van der Waals surface area contributed by atoms with Gasteiger partial charge in [-0.1, -0.05) is 66.2 Å². The lowest BCUT2D eigenvalue weighted by atomic mass is 9.75. The summed E-state index contributed by atoms with van der Waals surface area (Å²) < 4.78 is 1.10. The first-order valence-corrected chi connectivity index (χ1v) is 11.3. The maximum atomic E-state index is 12.9. The first kappa shape index (κ1) is 18.8. The predicted octanol–water partition coefficient (Wildman–Crippen LogP) is 6.60. The fourth-order valence-electron chi connectivity index (χ4n) is 5.57. The van der Waals surface area contributed by atoms with Crippen molar-refractivity contribution in [3.63, 3.8) is 0 Å². The lowest BCUT2D eigenvalue weighted by Crippen LogP contribution is -2.37. The zero-order valence-electron chi connectivity index (χ0n) is 17.5. The summed E-state index contributed by atoms with van der Waals surface area (Å²) in [6, 6.07) is 18.8. The minimum absolute atomic E-state index is 0.122. The summed E-state index contributed by atoms with van der Waals surface area (Å²) in [6.07, 6.45) is 0. The number of imide groups is 1. The molecule has 4 aromatic rings. The Morgan fingerprint density at radius 3 is 1.81 bits per heavy atom. The van der Waals surface area contributed by atoms with Gasteiger partial charge < -0.3 is 0 Å². The van der Waals surface area contributed by atoms with E-state index in [4.69, 9.17) is 0 Å². The number of carbonyl (C=O) groups is 2. The molecule has 4 heteroatoms. The molecule has 1 heterocycles. The number of amides is 2. The molecule has 0 saturated carbocycles. The van der Waals surface area contributed by atoms with Gasteiger partial charge in [-0.3, -0.25) is 14.5 Å². The van der Waals surface area contributed by atoms with Crippen molar-refractivity contribution in [1.29, 1.82) is 0 Å².